The van der Waals surface area contributed by atoms with Crippen molar-refractivity contribution in [2.45, 2.75) is 28.5 Å². The number of hydrogen-bond donors (Lipinski definition) is 0. The molecule has 6 nitrogen and oxygen atoms in total. The van der Waals surface area contributed by atoms with Gasteiger partial charge in [0, 0.05) is 33.3 Å². The van der Waals surface area contributed by atoms with Crippen molar-refractivity contribution >= 4 is 132 Å². The maximum absolute atomic E-state index is 16.0. The third-order valence-electron chi connectivity index (χ3n) is 11.9. The van der Waals surface area contributed by atoms with Crippen LogP contribution in [-0.4, -0.2) is 72.2 Å². The molecule has 0 N–H and O–H groups in total. The molecular formula is C54H39BCl8F12O6S. The Morgan fingerprint density at radius 3 is 0.890 bits per heavy atom. The molecule has 0 aliphatic heterocycles. The summed E-state index contributed by atoms with van der Waals surface area (Å²) in [5, 5.41) is -13.9. The van der Waals surface area contributed by atoms with Gasteiger partial charge in [0.15, 0.2) is 62.9 Å². The molecule has 0 fully saturated rings. The van der Waals surface area contributed by atoms with Crippen LogP contribution in [0.3, 0.4) is 0 Å². The molecule has 82 heavy (non-hydrogen) atoms. The van der Waals surface area contributed by atoms with E-state index in [1.165, 1.54) is 4.90 Å². The fourth-order valence-corrected chi connectivity index (χ4v) is 12.7. The van der Waals surface area contributed by atoms with Gasteiger partial charge < -0.3 is 28.4 Å². The first kappa shape index (κ1) is 67.0. The topological polar surface area (TPSA) is 55.4 Å². The molecule has 0 saturated heterocycles. The van der Waals surface area contributed by atoms with Gasteiger partial charge in [0.05, 0.1) is 59.7 Å². The average Bonchev–Trinajstić information content (AvgIpc) is 0.801. The lowest BCUT2D eigenvalue weighted by Crippen LogP contribution is -2.79. The van der Waals surface area contributed by atoms with Crippen LogP contribution in [0.4, 0.5) is 52.7 Å². The van der Waals surface area contributed by atoms with E-state index in [0.29, 0.717) is 66.1 Å². The molecule has 0 spiro atoms. The van der Waals surface area contributed by atoms with Crippen LogP contribution in [0.1, 0.15) is 13.8 Å². The molecule has 7 rings (SSSR count). The van der Waals surface area contributed by atoms with Crippen molar-refractivity contribution in [3.05, 3.63) is 189 Å². The molecule has 0 bridgehead atoms. The smallest absolute Gasteiger partial charge is 0.208 e. The Balaban J connectivity index is 0.000000269. The van der Waals surface area contributed by atoms with Crippen LogP contribution in [0.15, 0.2) is 93.5 Å². The van der Waals surface area contributed by atoms with Gasteiger partial charge in [-0.05, 0) is 50.2 Å². The van der Waals surface area contributed by atoms with Gasteiger partial charge in [0.25, 0.3) is 0 Å². The fraction of sp³-hybridized carbons (Fsp3) is 0.222. The Bertz CT molecular complexity index is 2980. The molecule has 0 saturated carbocycles. The minimum absolute atomic E-state index is 0.432. The fourth-order valence-electron chi connectivity index (χ4n) is 8.43. The van der Waals surface area contributed by atoms with Gasteiger partial charge in [-0.2, -0.15) is 0 Å². The van der Waals surface area contributed by atoms with E-state index in [-0.39, 0.29) is 0 Å². The van der Waals surface area contributed by atoms with E-state index in [4.69, 9.17) is 121 Å². The van der Waals surface area contributed by atoms with Crippen LogP contribution in [0, 0.1) is 69.8 Å². The number of ether oxygens (including phenoxy) is 6. The van der Waals surface area contributed by atoms with Crippen molar-refractivity contribution in [1.82, 2.24) is 0 Å². The minimum atomic E-state index is -5.62. The molecule has 0 amide bonds. The summed E-state index contributed by atoms with van der Waals surface area (Å²) in [6, 6.07) is 26.9. The largest absolute Gasteiger partial charge is 0.486 e. The maximum Gasteiger partial charge on any atom is 0.208 e. The van der Waals surface area contributed by atoms with E-state index in [0.717, 1.165) is 21.3 Å². The first-order chi connectivity index (χ1) is 39.0. The van der Waals surface area contributed by atoms with Crippen molar-refractivity contribution in [2.24, 2.45) is 0 Å². The first-order valence-corrected chi connectivity index (χ1v) is 28.1. The first-order valence-electron chi connectivity index (χ1n) is 23.8. The number of halogens is 20. The van der Waals surface area contributed by atoms with Crippen molar-refractivity contribution < 1.29 is 81.1 Å². The molecule has 0 aliphatic rings. The van der Waals surface area contributed by atoms with E-state index in [9.17, 15) is 17.6 Å². The standard InChI is InChI=1S/C30H39O6S.C24BCl8F12/c1-3-31-18-20-33-22-24-35-27-14-8-10-16-29(27)37(26-12-6-5-7-13-26)30-17-11-9-15-28(30)36-25-23-34-21-19-32-4-2;26-5-1(13(34)21(42)17(38)9(5)30)25(2-6(27)10(31)18(39)22(43)14(2)35,3-7(28)11(32)19(40)23(44)15(3)36)4-8(29)12(33)20(41)24(45)16(4)37/h5-17H,3-4,18-25H2,1-2H3;/q+1;-1. The van der Waals surface area contributed by atoms with Crippen LogP contribution in [0.5, 0.6) is 11.5 Å². The lowest BCUT2D eigenvalue weighted by atomic mass is 9.12. The van der Waals surface area contributed by atoms with Crippen molar-refractivity contribution in [3.63, 3.8) is 0 Å². The van der Waals surface area contributed by atoms with Crippen LogP contribution in [0.25, 0.3) is 0 Å². The number of rotatable bonds is 23. The second-order valence-electron chi connectivity index (χ2n) is 16.6. The van der Waals surface area contributed by atoms with Gasteiger partial charge in [-0.25, -0.2) is 52.7 Å². The van der Waals surface area contributed by atoms with Crippen LogP contribution >= 0.6 is 92.8 Å². The number of para-hydroxylation sites is 2. The summed E-state index contributed by atoms with van der Waals surface area (Å²) in [7, 11) is -0.432. The summed E-state index contributed by atoms with van der Waals surface area (Å²) >= 11 is 46.6. The predicted octanol–water partition coefficient (Wildman–Crippen LogP) is 15.6. The van der Waals surface area contributed by atoms with E-state index in [1.54, 1.807) is 0 Å². The highest BCUT2D eigenvalue weighted by Crippen LogP contribution is 2.42. The van der Waals surface area contributed by atoms with E-state index in [2.05, 4.69) is 48.5 Å². The summed E-state index contributed by atoms with van der Waals surface area (Å²) in [6.45, 7) is 9.60. The third-order valence-corrected chi connectivity index (χ3v) is 17.6. The summed E-state index contributed by atoms with van der Waals surface area (Å²) in [5.74, 6) is -29.6. The van der Waals surface area contributed by atoms with Crippen molar-refractivity contribution in [3.8, 4) is 11.5 Å². The third kappa shape index (κ3) is 13.8. The highest BCUT2D eigenvalue weighted by Gasteiger charge is 2.50. The molecule has 0 unspecified atom stereocenters. The molecule has 0 heterocycles. The molecular weight excluding hydrogens is 1300 g/mol. The van der Waals surface area contributed by atoms with Gasteiger partial charge in [-0.15, -0.1) is 21.9 Å². The summed E-state index contributed by atoms with van der Waals surface area (Å²) in [6.07, 6.45) is -5.62. The molecule has 0 aromatic heterocycles. The average molecular weight is 1340 g/mol. The second kappa shape index (κ2) is 30.3. The highest BCUT2D eigenvalue weighted by atomic mass is 35.5. The Kier molecular flexibility index (Phi) is 24.8. The van der Waals surface area contributed by atoms with Gasteiger partial charge in [-0.1, -0.05) is 135 Å². The Morgan fingerprint density at radius 2 is 0.585 bits per heavy atom. The van der Waals surface area contributed by atoms with Crippen molar-refractivity contribution in [1.29, 1.82) is 0 Å². The van der Waals surface area contributed by atoms with Gasteiger partial charge in [0.1, 0.15) is 53.5 Å². The predicted molar refractivity (Wildman–Crippen MR) is 297 cm³/mol. The second-order valence-corrected chi connectivity index (χ2v) is 21.6. The lowest BCUT2D eigenvalue weighted by Gasteiger charge is -2.46. The molecule has 0 aliphatic carbocycles. The maximum atomic E-state index is 16.0. The summed E-state index contributed by atoms with van der Waals surface area (Å²) in [4.78, 5) is 3.40. The van der Waals surface area contributed by atoms with Crippen LogP contribution < -0.4 is 31.3 Å². The van der Waals surface area contributed by atoms with Gasteiger partial charge >= 0.3 is 0 Å². The van der Waals surface area contributed by atoms with Crippen LogP contribution in [-0.2, 0) is 29.8 Å². The van der Waals surface area contributed by atoms with Gasteiger partial charge in [0.2, 0.25) is 9.79 Å². The SMILES string of the molecule is CCOCCOCCOc1ccccc1[S+](c1ccccc1)c1ccccc1OCCOCCOCC.Fc1c(F)c(Cl)c(Cl)c([B-](c2c(F)c(F)c(F)c(Cl)c2Cl)(c2c(F)c(F)c(F)c(Cl)c2Cl)c2c(F)c(F)c(F)c(Cl)c2Cl)c1F. The zero-order chi connectivity index (χ0) is 60.3. The monoisotopic (exact) mass is 1330 g/mol. The Hall–Kier alpha value is -4.13. The molecule has 7 aromatic carbocycles. The number of benzene rings is 7. The summed E-state index contributed by atoms with van der Waals surface area (Å²) < 4.78 is 217. The molecule has 7 aromatic rings. The zero-order valence-corrected chi connectivity index (χ0v) is 48.9. The van der Waals surface area contributed by atoms with Gasteiger partial charge in [-0.3, -0.25) is 0 Å². The normalized spacial score (nSPS) is 11.6. The molecule has 440 valence electrons. The molecule has 28 heteroatoms. The van der Waals surface area contributed by atoms with E-state index < -0.39 is 149 Å². The molecule has 0 radical (unpaired) electrons. The quantitative estimate of drug-likeness (QED) is 0.0159. The highest BCUT2D eigenvalue weighted by molar-refractivity contribution is 7.97. The summed E-state index contributed by atoms with van der Waals surface area (Å²) in [5.41, 5.74) is -8.47. The number of hydrogen-bond acceptors (Lipinski definition) is 6. The minimum Gasteiger partial charge on any atom is -0.486 e. The van der Waals surface area contributed by atoms with E-state index >= 15 is 35.1 Å². The Labute approximate surface area is 504 Å². The van der Waals surface area contributed by atoms with Crippen molar-refractivity contribution in [2.75, 3.05) is 66.1 Å². The van der Waals surface area contributed by atoms with Crippen LogP contribution in [0.2, 0.25) is 40.2 Å². The van der Waals surface area contributed by atoms with E-state index in [1.807, 2.05) is 44.2 Å². The molecule has 0 atom stereocenters. The zero-order valence-electron chi connectivity index (χ0n) is 42.1. The lowest BCUT2D eigenvalue weighted by molar-refractivity contribution is 0.0400. The Morgan fingerprint density at radius 1 is 0.317 bits per heavy atom.